The van der Waals surface area contributed by atoms with Gasteiger partial charge in [-0.3, -0.25) is 9.69 Å². The number of hydrogen-bond donors (Lipinski definition) is 2. The summed E-state index contributed by atoms with van der Waals surface area (Å²) in [6, 6.07) is 6.21. The van der Waals surface area contributed by atoms with Crippen molar-refractivity contribution in [2.75, 3.05) is 13.1 Å². The number of carboxylic acids is 1. The lowest BCUT2D eigenvalue weighted by Gasteiger charge is -2.44. The molecule has 158 valence electrons. The number of aliphatic hydroxyl groups excluding tert-OH is 1. The highest BCUT2D eigenvalue weighted by molar-refractivity contribution is 5.76. The molecule has 3 rings (SSSR count). The van der Waals surface area contributed by atoms with E-state index in [0.29, 0.717) is 38.4 Å². The van der Waals surface area contributed by atoms with E-state index in [0.717, 1.165) is 23.2 Å². The van der Waals surface area contributed by atoms with Crippen LogP contribution in [-0.2, 0) is 11.3 Å². The second-order valence-corrected chi connectivity index (χ2v) is 8.95. The van der Waals surface area contributed by atoms with Crippen LogP contribution in [0.15, 0.2) is 30.6 Å². The van der Waals surface area contributed by atoms with Gasteiger partial charge < -0.3 is 10.2 Å². The first-order chi connectivity index (χ1) is 13.7. The maximum atomic E-state index is 12.3. The van der Waals surface area contributed by atoms with E-state index >= 15 is 0 Å². The largest absolute Gasteiger partial charge is 0.481 e. The van der Waals surface area contributed by atoms with Crippen molar-refractivity contribution < 1.29 is 15.0 Å². The molecule has 1 aliphatic rings. The molecule has 0 aliphatic carbocycles. The van der Waals surface area contributed by atoms with Gasteiger partial charge in [-0.05, 0) is 56.2 Å². The first-order valence-corrected chi connectivity index (χ1v) is 10.5. The molecule has 0 unspecified atom stereocenters. The summed E-state index contributed by atoms with van der Waals surface area (Å²) in [7, 11) is 0. The van der Waals surface area contributed by atoms with Gasteiger partial charge in [0, 0.05) is 32.0 Å². The molecule has 0 spiro atoms. The van der Waals surface area contributed by atoms with Gasteiger partial charge in [-0.1, -0.05) is 31.5 Å². The van der Waals surface area contributed by atoms with Crippen LogP contribution in [0, 0.1) is 25.2 Å². The molecule has 1 aromatic heterocycles. The number of carbonyl (C=O) groups is 1. The number of likely N-dealkylation sites (tertiary alicyclic amines) is 1. The predicted molar refractivity (Wildman–Crippen MR) is 113 cm³/mol. The highest BCUT2D eigenvalue weighted by Gasteiger charge is 2.48. The lowest BCUT2D eigenvalue weighted by atomic mass is 9.72. The molecule has 2 N–H and O–H groups in total. The molecule has 0 amide bonds. The van der Waals surface area contributed by atoms with Crippen LogP contribution in [0.25, 0.3) is 5.69 Å². The van der Waals surface area contributed by atoms with Crippen LogP contribution in [0.4, 0.5) is 0 Å². The topological polar surface area (TPSA) is 78.6 Å². The van der Waals surface area contributed by atoms with Crippen LogP contribution in [-0.4, -0.2) is 50.1 Å². The van der Waals surface area contributed by atoms with Crippen LogP contribution < -0.4 is 0 Å². The van der Waals surface area contributed by atoms with Crippen molar-refractivity contribution in [3.63, 3.8) is 0 Å². The normalized spacial score (nSPS) is 22.9. The average molecular weight is 400 g/mol. The Labute approximate surface area is 173 Å². The zero-order valence-electron chi connectivity index (χ0n) is 17.9. The molecule has 1 saturated heterocycles. The second kappa shape index (κ2) is 8.67. The molecule has 29 heavy (non-hydrogen) atoms. The summed E-state index contributed by atoms with van der Waals surface area (Å²) in [6.45, 7) is 10.0. The molecular weight excluding hydrogens is 366 g/mol. The number of nitrogens with zero attached hydrogens (tertiary/aromatic N) is 3. The van der Waals surface area contributed by atoms with Gasteiger partial charge in [-0.25, -0.2) is 4.68 Å². The maximum Gasteiger partial charge on any atom is 0.313 e. The molecule has 2 aromatic rings. The number of hydrogen-bond acceptors (Lipinski definition) is 4. The van der Waals surface area contributed by atoms with E-state index in [2.05, 4.69) is 49.8 Å². The van der Waals surface area contributed by atoms with Crippen LogP contribution in [0.3, 0.4) is 0 Å². The Hall–Kier alpha value is -2.18. The summed E-state index contributed by atoms with van der Waals surface area (Å²) in [4.78, 5) is 14.4. The van der Waals surface area contributed by atoms with E-state index < -0.39 is 17.5 Å². The van der Waals surface area contributed by atoms with E-state index in [1.807, 2.05) is 16.9 Å². The summed E-state index contributed by atoms with van der Waals surface area (Å²) < 4.78 is 1.88. The second-order valence-electron chi connectivity index (χ2n) is 8.95. The van der Waals surface area contributed by atoms with E-state index in [1.54, 1.807) is 6.20 Å². The molecule has 1 aromatic carbocycles. The number of aryl methyl sites for hydroxylation is 2. The molecule has 0 radical (unpaired) electrons. The van der Waals surface area contributed by atoms with Crippen molar-refractivity contribution in [2.45, 2.75) is 59.6 Å². The maximum absolute atomic E-state index is 12.3. The number of carboxylic acid groups (broad SMARTS) is 1. The van der Waals surface area contributed by atoms with Gasteiger partial charge in [0.1, 0.15) is 5.41 Å². The van der Waals surface area contributed by atoms with Crippen LogP contribution in [0.5, 0.6) is 0 Å². The van der Waals surface area contributed by atoms with Crippen molar-refractivity contribution in [1.82, 2.24) is 14.7 Å². The predicted octanol–water partition coefficient (Wildman–Crippen LogP) is 3.56. The van der Waals surface area contributed by atoms with Crippen molar-refractivity contribution >= 4 is 5.97 Å². The fourth-order valence-electron chi connectivity index (χ4n) is 4.55. The average Bonchev–Trinajstić information content (AvgIpc) is 3.15. The Balaban J connectivity index is 1.90. The van der Waals surface area contributed by atoms with Crippen LogP contribution in [0.2, 0.25) is 0 Å². The summed E-state index contributed by atoms with van der Waals surface area (Å²) >= 11 is 0. The Morgan fingerprint density at radius 2 is 2.10 bits per heavy atom. The first-order valence-electron chi connectivity index (χ1n) is 10.5. The molecule has 2 atom stereocenters. The molecule has 1 fully saturated rings. The highest BCUT2D eigenvalue weighted by atomic mass is 16.4. The third-order valence-corrected chi connectivity index (χ3v) is 6.11. The first kappa shape index (κ1) is 21.5. The third-order valence-electron chi connectivity index (χ3n) is 6.11. The fraction of sp³-hybridized carbons (Fsp3) is 0.565. The van der Waals surface area contributed by atoms with Gasteiger partial charge in [-0.2, -0.15) is 5.10 Å². The van der Waals surface area contributed by atoms with E-state index in [-0.39, 0.29) is 0 Å². The van der Waals surface area contributed by atoms with Crippen molar-refractivity contribution in [1.29, 1.82) is 0 Å². The molecule has 0 saturated carbocycles. The van der Waals surface area contributed by atoms with Crippen LogP contribution in [0.1, 0.15) is 49.8 Å². The lowest BCUT2D eigenvalue weighted by molar-refractivity contribution is -0.165. The number of aromatic nitrogens is 2. The molecule has 0 bridgehead atoms. The summed E-state index contributed by atoms with van der Waals surface area (Å²) in [5.41, 5.74) is 3.40. The summed E-state index contributed by atoms with van der Waals surface area (Å²) in [5.74, 6) is -0.484. The van der Waals surface area contributed by atoms with E-state index in [1.165, 1.54) is 5.56 Å². The van der Waals surface area contributed by atoms with Crippen molar-refractivity contribution in [2.24, 2.45) is 11.3 Å². The number of aliphatic hydroxyl groups is 1. The molecule has 6 nitrogen and oxygen atoms in total. The zero-order chi connectivity index (χ0) is 21.2. The number of benzene rings is 1. The standard InChI is InChI=1S/C23H33N3O3/c1-16(2)6-8-23(22(28)29)15-25(11-7-20(23)27)14-19-13-17(3)12-18(4)21(19)26-10-5-9-24-26/h5,9-10,12-13,16,20,27H,6-8,11,14-15H2,1-4H3,(H,28,29)/t20-,23-/m1/s1. The van der Waals surface area contributed by atoms with Gasteiger partial charge in [0.15, 0.2) is 0 Å². The molecular formula is C23H33N3O3. The van der Waals surface area contributed by atoms with E-state index in [9.17, 15) is 15.0 Å². The minimum atomic E-state index is -1.10. The minimum Gasteiger partial charge on any atom is -0.481 e. The van der Waals surface area contributed by atoms with Gasteiger partial charge in [-0.15, -0.1) is 0 Å². The van der Waals surface area contributed by atoms with E-state index in [4.69, 9.17) is 0 Å². The van der Waals surface area contributed by atoms with Gasteiger partial charge in [0.05, 0.1) is 11.8 Å². The highest BCUT2D eigenvalue weighted by Crippen LogP contribution is 2.37. The van der Waals surface area contributed by atoms with Crippen molar-refractivity contribution in [3.05, 3.63) is 47.3 Å². The SMILES string of the molecule is Cc1cc(C)c(-n2cccn2)c(CN2CC[C@@H](O)[C@](CCC(C)C)(C(=O)O)C2)c1. The fourth-order valence-corrected chi connectivity index (χ4v) is 4.55. The quantitative estimate of drug-likeness (QED) is 0.744. The Bertz CT molecular complexity index is 847. The Morgan fingerprint density at radius 1 is 1.34 bits per heavy atom. The zero-order valence-corrected chi connectivity index (χ0v) is 17.9. The minimum absolute atomic E-state index is 0.363. The summed E-state index contributed by atoms with van der Waals surface area (Å²) in [6.07, 6.45) is 4.66. The smallest absolute Gasteiger partial charge is 0.313 e. The number of rotatable bonds is 7. The monoisotopic (exact) mass is 399 g/mol. The third kappa shape index (κ3) is 4.54. The molecule has 6 heteroatoms. The molecule has 1 aliphatic heterocycles. The lowest BCUT2D eigenvalue weighted by Crippen LogP contribution is -2.55. The number of piperidine rings is 1. The Morgan fingerprint density at radius 3 is 2.72 bits per heavy atom. The van der Waals surface area contributed by atoms with Gasteiger partial charge in [0.25, 0.3) is 0 Å². The van der Waals surface area contributed by atoms with Crippen LogP contribution >= 0.6 is 0 Å². The molecule has 2 heterocycles. The Kier molecular flexibility index (Phi) is 6.44. The van der Waals surface area contributed by atoms with Crippen molar-refractivity contribution in [3.8, 4) is 5.69 Å². The number of aliphatic carboxylic acids is 1. The van der Waals surface area contributed by atoms with Gasteiger partial charge in [0.2, 0.25) is 0 Å². The summed E-state index contributed by atoms with van der Waals surface area (Å²) in [5, 5.41) is 25.1. The van der Waals surface area contributed by atoms with Gasteiger partial charge >= 0.3 is 5.97 Å².